The van der Waals surface area contributed by atoms with Gasteiger partial charge < -0.3 is 15.0 Å². The summed E-state index contributed by atoms with van der Waals surface area (Å²) >= 11 is 6.33. The number of carbonyl (C=O) groups excluding carboxylic acids is 2. The number of hydrogen-bond donors (Lipinski definition) is 1. The minimum atomic E-state index is -0.433. The lowest BCUT2D eigenvalue weighted by Crippen LogP contribution is -2.30. The van der Waals surface area contributed by atoms with Crippen LogP contribution in [0.3, 0.4) is 0 Å². The van der Waals surface area contributed by atoms with E-state index in [0.717, 1.165) is 5.69 Å². The first-order valence-corrected chi connectivity index (χ1v) is 10.5. The van der Waals surface area contributed by atoms with Gasteiger partial charge in [0.25, 0.3) is 11.8 Å². The third-order valence-corrected chi connectivity index (χ3v) is 5.04. The summed E-state index contributed by atoms with van der Waals surface area (Å²) in [5, 5.41) is 7.45. The predicted molar refractivity (Wildman–Crippen MR) is 121 cm³/mol. The van der Waals surface area contributed by atoms with E-state index >= 15 is 0 Å². The number of para-hydroxylation sites is 1. The number of aromatic nitrogens is 2. The van der Waals surface area contributed by atoms with Gasteiger partial charge in [0.15, 0.2) is 11.4 Å². The summed E-state index contributed by atoms with van der Waals surface area (Å²) in [5.74, 6) is -0.201. The fourth-order valence-corrected chi connectivity index (χ4v) is 3.39. The Balaban J connectivity index is 1.83. The Morgan fingerprint density at radius 1 is 1.10 bits per heavy atom. The van der Waals surface area contributed by atoms with E-state index in [9.17, 15) is 9.59 Å². The van der Waals surface area contributed by atoms with Crippen molar-refractivity contribution in [3.63, 3.8) is 0 Å². The molecule has 0 radical (unpaired) electrons. The number of ether oxygens (including phenoxy) is 1. The number of halogens is 1. The maximum atomic E-state index is 12.9. The van der Waals surface area contributed by atoms with E-state index in [1.807, 2.05) is 51.1 Å². The van der Waals surface area contributed by atoms with Gasteiger partial charge >= 0.3 is 0 Å². The Hall–Kier alpha value is -3.32. The molecule has 2 amide bonds. The number of anilines is 1. The molecule has 0 aliphatic rings. The van der Waals surface area contributed by atoms with Gasteiger partial charge in [-0.2, -0.15) is 5.10 Å². The third kappa shape index (κ3) is 5.06. The van der Waals surface area contributed by atoms with E-state index < -0.39 is 5.91 Å². The summed E-state index contributed by atoms with van der Waals surface area (Å²) < 4.78 is 7.20. The van der Waals surface area contributed by atoms with Crippen molar-refractivity contribution in [3.8, 4) is 11.4 Å². The minimum absolute atomic E-state index is 0.145. The molecule has 0 unspecified atom stereocenters. The van der Waals surface area contributed by atoms with E-state index in [4.69, 9.17) is 16.3 Å². The molecule has 0 fully saturated rings. The van der Waals surface area contributed by atoms with Gasteiger partial charge in [-0.1, -0.05) is 29.8 Å². The molecule has 0 atom stereocenters. The van der Waals surface area contributed by atoms with Crippen LogP contribution in [0.1, 0.15) is 41.6 Å². The Kier molecular flexibility index (Phi) is 7.31. The molecule has 1 N–H and O–H groups in total. The highest BCUT2D eigenvalue weighted by molar-refractivity contribution is 6.34. The second-order valence-electron chi connectivity index (χ2n) is 6.68. The Morgan fingerprint density at radius 3 is 2.42 bits per heavy atom. The lowest BCUT2D eigenvalue weighted by Gasteiger charge is -2.19. The number of rotatable bonds is 8. The maximum absolute atomic E-state index is 12.9. The SMILES string of the molecule is CCOc1cn(-c2ccccc2)nc1C(=O)Nc1ccc(C(=O)N(CC)CC)c(Cl)c1. The summed E-state index contributed by atoms with van der Waals surface area (Å²) in [6.07, 6.45) is 1.67. The average molecular weight is 441 g/mol. The van der Waals surface area contributed by atoms with Crippen molar-refractivity contribution >= 4 is 29.1 Å². The zero-order valence-corrected chi connectivity index (χ0v) is 18.5. The maximum Gasteiger partial charge on any atom is 0.280 e. The lowest BCUT2D eigenvalue weighted by atomic mass is 10.1. The molecule has 0 spiro atoms. The van der Waals surface area contributed by atoms with Crippen LogP contribution in [-0.2, 0) is 0 Å². The van der Waals surface area contributed by atoms with E-state index in [-0.39, 0.29) is 16.6 Å². The van der Waals surface area contributed by atoms with Crippen LogP contribution in [0.2, 0.25) is 5.02 Å². The molecule has 2 aromatic carbocycles. The minimum Gasteiger partial charge on any atom is -0.490 e. The molecule has 0 bridgehead atoms. The highest BCUT2D eigenvalue weighted by atomic mass is 35.5. The first-order valence-electron chi connectivity index (χ1n) is 10.2. The van der Waals surface area contributed by atoms with Crippen LogP contribution in [0.5, 0.6) is 5.75 Å². The Bertz CT molecular complexity index is 1060. The van der Waals surface area contributed by atoms with Gasteiger partial charge in [-0.25, -0.2) is 4.68 Å². The molecule has 0 saturated heterocycles. The molecular formula is C23H25ClN4O3. The number of hydrogen-bond acceptors (Lipinski definition) is 4. The van der Waals surface area contributed by atoms with E-state index in [0.29, 0.717) is 36.7 Å². The second kappa shape index (κ2) is 10.1. The highest BCUT2D eigenvalue weighted by Crippen LogP contribution is 2.25. The van der Waals surface area contributed by atoms with Crippen LogP contribution in [0.25, 0.3) is 5.69 Å². The first kappa shape index (κ1) is 22.4. The number of amides is 2. The smallest absolute Gasteiger partial charge is 0.280 e. The molecule has 8 heteroatoms. The molecule has 0 saturated carbocycles. The summed E-state index contributed by atoms with van der Waals surface area (Å²) in [7, 11) is 0. The number of nitrogens with zero attached hydrogens (tertiary/aromatic N) is 3. The van der Waals surface area contributed by atoms with E-state index in [1.54, 1.807) is 34.0 Å². The van der Waals surface area contributed by atoms with Crippen molar-refractivity contribution in [3.05, 3.63) is 71.0 Å². The van der Waals surface area contributed by atoms with Crippen LogP contribution >= 0.6 is 11.6 Å². The number of carbonyl (C=O) groups is 2. The first-order chi connectivity index (χ1) is 15.0. The predicted octanol–water partition coefficient (Wildman–Crippen LogP) is 4.66. The molecule has 3 aromatic rings. The summed E-state index contributed by atoms with van der Waals surface area (Å²) in [6.45, 7) is 7.24. The van der Waals surface area contributed by atoms with Crippen LogP contribution in [0, 0.1) is 0 Å². The quantitative estimate of drug-likeness (QED) is 0.552. The molecule has 0 aliphatic heterocycles. The molecular weight excluding hydrogens is 416 g/mol. The van der Waals surface area contributed by atoms with Crippen molar-refractivity contribution in [2.75, 3.05) is 25.0 Å². The zero-order valence-electron chi connectivity index (χ0n) is 17.8. The van der Waals surface area contributed by atoms with Gasteiger partial charge in [0.2, 0.25) is 0 Å². The lowest BCUT2D eigenvalue weighted by molar-refractivity contribution is 0.0773. The zero-order chi connectivity index (χ0) is 22.4. The van der Waals surface area contributed by atoms with Gasteiger partial charge in [-0.05, 0) is 51.1 Å². The third-order valence-electron chi connectivity index (χ3n) is 4.72. The second-order valence-corrected chi connectivity index (χ2v) is 7.09. The normalized spacial score (nSPS) is 10.6. The van der Waals surface area contributed by atoms with E-state index in [2.05, 4.69) is 10.4 Å². The molecule has 7 nitrogen and oxygen atoms in total. The molecule has 162 valence electrons. The molecule has 3 rings (SSSR count). The van der Waals surface area contributed by atoms with Gasteiger partial charge in [-0.3, -0.25) is 9.59 Å². The van der Waals surface area contributed by atoms with Crippen molar-refractivity contribution in [2.45, 2.75) is 20.8 Å². The van der Waals surface area contributed by atoms with Crippen molar-refractivity contribution < 1.29 is 14.3 Å². The van der Waals surface area contributed by atoms with Gasteiger partial charge in [0.1, 0.15) is 0 Å². The van der Waals surface area contributed by atoms with Crippen LogP contribution < -0.4 is 10.1 Å². The average Bonchev–Trinajstić information content (AvgIpc) is 3.19. The van der Waals surface area contributed by atoms with Crippen LogP contribution in [0.15, 0.2) is 54.7 Å². The Morgan fingerprint density at radius 2 is 1.81 bits per heavy atom. The Labute approximate surface area is 186 Å². The summed E-state index contributed by atoms with van der Waals surface area (Å²) in [6, 6.07) is 14.3. The summed E-state index contributed by atoms with van der Waals surface area (Å²) in [4.78, 5) is 27.1. The monoisotopic (exact) mass is 440 g/mol. The molecule has 1 heterocycles. The van der Waals surface area contributed by atoms with Crippen molar-refractivity contribution in [1.82, 2.24) is 14.7 Å². The van der Waals surface area contributed by atoms with Gasteiger partial charge in [0.05, 0.1) is 29.1 Å². The van der Waals surface area contributed by atoms with Crippen molar-refractivity contribution in [1.29, 1.82) is 0 Å². The largest absolute Gasteiger partial charge is 0.490 e. The fourth-order valence-electron chi connectivity index (χ4n) is 3.13. The van der Waals surface area contributed by atoms with Crippen molar-refractivity contribution in [2.24, 2.45) is 0 Å². The van der Waals surface area contributed by atoms with E-state index in [1.165, 1.54) is 0 Å². The number of benzene rings is 2. The summed E-state index contributed by atoms with van der Waals surface area (Å²) in [5.41, 5.74) is 1.82. The number of nitrogens with one attached hydrogen (secondary N) is 1. The molecule has 0 aliphatic carbocycles. The van der Waals surface area contributed by atoms with Crippen LogP contribution in [0.4, 0.5) is 5.69 Å². The van der Waals surface area contributed by atoms with Gasteiger partial charge in [0, 0.05) is 18.8 Å². The molecule has 31 heavy (non-hydrogen) atoms. The van der Waals surface area contributed by atoms with Crippen LogP contribution in [-0.4, -0.2) is 46.2 Å². The standard InChI is InChI=1S/C23H25ClN4O3/c1-4-27(5-2)23(30)18-13-12-16(14-19(18)24)25-22(29)21-20(31-6-3)15-28(26-21)17-10-8-7-9-11-17/h7-15H,4-6H2,1-3H3,(H,25,29). The molecule has 1 aromatic heterocycles. The fraction of sp³-hybridized carbons (Fsp3) is 0.261. The van der Waals surface area contributed by atoms with Gasteiger partial charge in [-0.15, -0.1) is 0 Å². The highest BCUT2D eigenvalue weighted by Gasteiger charge is 2.21. The topological polar surface area (TPSA) is 76.5 Å².